The highest BCUT2D eigenvalue weighted by molar-refractivity contribution is 9.10. The molecule has 0 saturated heterocycles. The Kier molecular flexibility index (Phi) is 6.20. The molecule has 0 saturated carbocycles. The number of rotatable bonds is 6. The molecule has 0 spiro atoms. The Balaban J connectivity index is 1.54. The highest BCUT2D eigenvalue weighted by Gasteiger charge is 2.13. The molecule has 0 aliphatic heterocycles. The number of aromatic hydroxyl groups is 1. The van der Waals surface area contributed by atoms with Gasteiger partial charge in [0.25, 0.3) is 5.91 Å². The lowest BCUT2D eigenvalue weighted by atomic mass is 10.2. The fourth-order valence-electron chi connectivity index (χ4n) is 2.16. The number of fused-ring (bicyclic) bond motifs is 1. The molecular weight excluding hydrogens is 430 g/mol. The van der Waals surface area contributed by atoms with Crippen molar-refractivity contribution in [1.29, 1.82) is 0 Å². The monoisotopic (exact) mass is 445 g/mol. The lowest BCUT2D eigenvalue weighted by Crippen LogP contribution is -2.30. The van der Waals surface area contributed by atoms with E-state index in [0.717, 1.165) is 20.1 Å². The number of amides is 1. The maximum atomic E-state index is 12.0. The molecule has 0 radical (unpaired) electrons. The van der Waals surface area contributed by atoms with E-state index in [1.54, 1.807) is 6.92 Å². The number of halogens is 1. The molecule has 0 unspecified atom stereocenters. The summed E-state index contributed by atoms with van der Waals surface area (Å²) in [4.78, 5) is 17.7. The van der Waals surface area contributed by atoms with Gasteiger partial charge >= 0.3 is 0 Å². The summed E-state index contributed by atoms with van der Waals surface area (Å²) in [7, 11) is 0. The third kappa shape index (κ3) is 4.93. The molecule has 3 rings (SSSR count). The van der Waals surface area contributed by atoms with Crippen LogP contribution in [0, 0.1) is 0 Å². The summed E-state index contributed by atoms with van der Waals surface area (Å²) in [5.41, 5.74) is 3.23. The number of thiophene rings is 1. The Hall–Kier alpha value is -2.71. The van der Waals surface area contributed by atoms with E-state index in [1.807, 2.05) is 48.5 Å². The van der Waals surface area contributed by atoms with Crippen molar-refractivity contribution in [3.05, 3.63) is 63.4 Å². The van der Waals surface area contributed by atoms with E-state index >= 15 is 0 Å². The summed E-state index contributed by atoms with van der Waals surface area (Å²) in [6.45, 7) is 1.57. The maximum absolute atomic E-state index is 12.0. The number of hydrazone groups is 1. The SMILES string of the molecule is C[C@H](O/N=C/c1ccc(Br)cc1)C(=O)N/N=C\c1sc2ccccc2c1O. The van der Waals surface area contributed by atoms with Crippen molar-refractivity contribution in [3.63, 3.8) is 0 Å². The molecule has 8 heteroatoms. The fourth-order valence-corrected chi connectivity index (χ4v) is 3.40. The van der Waals surface area contributed by atoms with E-state index in [2.05, 4.69) is 31.6 Å². The van der Waals surface area contributed by atoms with E-state index in [1.165, 1.54) is 23.8 Å². The van der Waals surface area contributed by atoms with Crippen molar-refractivity contribution in [2.75, 3.05) is 0 Å². The van der Waals surface area contributed by atoms with E-state index in [9.17, 15) is 9.90 Å². The Bertz CT molecular complexity index is 999. The molecule has 1 aromatic heterocycles. The number of hydrogen-bond donors (Lipinski definition) is 2. The van der Waals surface area contributed by atoms with Gasteiger partial charge < -0.3 is 9.94 Å². The van der Waals surface area contributed by atoms with Crippen LogP contribution in [0.5, 0.6) is 5.75 Å². The summed E-state index contributed by atoms with van der Waals surface area (Å²) in [5.74, 6) is -0.295. The van der Waals surface area contributed by atoms with Crippen molar-refractivity contribution in [2.24, 2.45) is 10.3 Å². The first kappa shape index (κ1) is 19.1. The van der Waals surface area contributed by atoms with Crippen molar-refractivity contribution in [1.82, 2.24) is 5.43 Å². The van der Waals surface area contributed by atoms with Crippen LogP contribution in [0.4, 0.5) is 0 Å². The van der Waals surface area contributed by atoms with Gasteiger partial charge in [-0.15, -0.1) is 11.3 Å². The zero-order chi connectivity index (χ0) is 19.2. The van der Waals surface area contributed by atoms with Gasteiger partial charge in [-0.2, -0.15) is 5.10 Å². The highest BCUT2D eigenvalue weighted by Crippen LogP contribution is 2.35. The van der Waals surface area contributed by atoms with Crippen molar-refractivity contribution >= 4 is 55.7 Å². The van der Waals surface area contributed by atoms with Gasteiger partial charge in [-0.25, -0.2) is 5.43 Å². The Morgan fingerprint density at radius 1 is 1.22 bits per heavy atom. The Morgan fingerprint density at radius 3 is 2.70 bits per heavy atom. The third-order valence-corrected chi connectivity index (χ3v) is 5.24. The minimum absolute atomic E-state index is 0.150. The zero-order valence-electron chi connectivity index (χ0n) is 14.3. The number of benzene rings is 2. The molecule has 6 nitrogen and oxygen atoms in total. The van der Waals surface area contributed by atoms with Gasteiger partial charge in [0.05, 0.1) is 17.3 Å². The topological polar surface area (TPSA) is 83.3 Å². The first-order valence-electron chi connectivity index (χ1n) is 8.03. The molecule has 2 N–H and O–H groups in total. The molecular formula is C19H16BrN3O3S. The van der Waals surface area contributed by atoms with Gasteiger partial charge in [0.15, 0.2) is 0 Å². The average molecular weight is 446 g/mol. The summed E-state index contributed by atoms with van der Waals surface area (Å²) in [5, 5.41) is 18.6. The van der Waals surface area contributed by atoms with Crippen LogP contribution < -0.4 is 5.43 Å². The molecule has 1 amide bonds. The van der Waals surface area contributed by atoms with Gasteiger partial charge in [-0.05, 0) is 36.8 Å². The third-order valence-electron chi connectivity index (χ3n) is 3.61. The summed E-state index contributed by atoms with van der Waals surface area (Å²) in [6.07, 6.45) is 2.12. The second kappa shape index (κ2) is 8.79. The second-order valence-electron chi connectivity index (χ2n) is 5.58. The van der Waals surface area contributed by atoms with Crippen LogP contribution in [0.2, 0.25) is 0 Å². The Morgan fingerprint density at radius 2 is 1.96 bits per heavy atom. The molecule has 3 aromatic rings. The minimum Gasteiger partial charge on any atom is -0.506 e. The molecule has 0 fully saturated rings. The van der Waals surface area contributed by atoms with Crippen LogP contribution in [0.15, 0.2) is 63.3 Å². The van der Waals surface area contributed by atoms with Crippen LogP contribution in [-0.4, -0.2) is 29.5 Å². The van der Waals surface area contributed by atoms with Crippen LogP contribution in [-0.2, 0) is 9.63 Å². The molecule has 1 atom stereocenters. The normalized spacial score (nSPS) is 12.7. The Labute approximate surface area is 168 Å². The van der Waals surface area contributed by atoms with Crippen molar-refractivity contribution < 1.29 is 14.7 Å². The van der Waals surface area contributed by atoms with Crippen molar-refractivity contribution in [2.45, 2.75) is 13.0 Å². The zero-order valence-corrected chi connectivity index (χ0v) is 16.7. The van der Waals surface area contributed by atoms with Gasteiger partial charge in [0.1, 0.15) is 5.75 Å². The average Bonchev–Trinajstić information content (AvgIpc) is 2.99. The predicted octanol–water partition coefficient (Wildman–Crippen LogP) is 4.26. The largest absolute Gasteiger partial charge is 0.506 e. The predicted molar refractivity (Wildman–Crippen MR) is 112 cm³/mol. The summed E-state index contributed by atoms with van der Waals surface area (Å²) >= 11 is 4.74. The number of carbonyl (C=O) groups is 1. The standard InChI is InChI=1S/C19H16BrN3O3S/c1-12(26-22-10-13-6-8-14(20)9-7-13)19(25)23-21-11-17-18(24)15-4-2-3-5-16(15)27-17/h2-12,24H,1H3,(H,23,25)/b21-11-,22-10+/t12-/m0/s1. The van der Waals surface area contributed by atoms with Crippen LogP contribution >= 0.6 is 27.3 Å². The molecule has 1 heterocycles. The van der Waals surface area contributed by atoms with Crippen molar-refractivity contribution in [3.8, 4) is 5.75 Å². The van der Waals surface area contributed by atoms with Gasteiger partial charge in [-0.3, -0.25) is 4.79 Å². The van der Waals surface area contributed by atoms with Crippen LogP contribution in [0.3, 0.4) is 0 Å². The second-order valence-corrected chi connectivity index (χ2v) is 7.58. The highest BCUT2D eigenvalue weighted by atomic mass is 79.9. The number of nitrogens with one attached hydrogen (secondary N) is 1. The summed E-state index contributed by atoms with van der Waals surface area (Å²) in [6, 6.07) is 15.0. The lowest BCUT2D eigenvalue weighted by Gasteiger charge is -2.06. The fraction of sp³-hybridized carbons (Fsp3) is 0.105. The molecule has 0 aliphatic rings. The van der Waals surface area contributed by atoms with Crippen LogP contribution in [0.1, 0.15) is 17.4 Å². The van der Waals surface area contributed by atoms with E-state index in [0.29, 0.717) is 4.88 Å². The first-order chi connectivity index (χ1) is 13.0. The van der Waals surface area contributed by atoms with E-state index in [-0.39, 0.29) is 5.75 Å². The number of nitrogens with zero attached hydrogens (tertiary/aromatic N) is 2. The molecule has 0 bridgehead atoms. The number of oxime groups is 1. The number of hydrogen-bond acceptors (Lipinski definition) is 6. The quantitative estimate of drug-likeness (QED) is 0.439. The van der Waals surface area contributed by atoms with Gasteiger partial charge in [-0.1, -0.05) is 45.4 Å². The first-order valence-corrected chi connectivity index (χ1v) is 9.63. The molecule has 2 aromatic carbocycles. The number of carbonyl (C=O) groups excluding carboxylic acids is 1. The molecule has 138 valence electrons. The smallest absolute Gasteiger partial charge is 0.283 e. The summed E-state index contributed by atoms with van der Waals surface area (Å²) < 4.78 is 1.91. The molecule has 27 heavy (non-hydrogen) atoms. The minimum atomic E-state index is -0.815. The van der Waals surface area contributed by atoms with E-state index in [4.69, 9.17) is 4.84 Å². The van der Waals surface area contributed by atoms with E-state index < -0.39 is 12.0 Å². The molecule has 0 aliphatic carbocycles. The van der Waals surface area contributed by atoms with Gasteiger partial charge in [0.2, 0.25) is 6.10 Å². The van der Waals surface area contributed by atoms with Gasteiger partial charge in [0, 0.05) is 14.6 Å². The maximum Gasteiger partial charge on any atom is 0.283 e. The lowest BCUT2D eigenvalue weighted by molar-refractivity contribution is -0.131. The van der Waals surface area contributed by atoms with Crippen LogP contribution in [0.25, 0.3) is 10.1 Å².